The normalized spacial score (nSPS) is 15.6. The molecule has 0 radical (unpaired) electrons. The van der Waals surface area contributed by atoms with Gasteiger partial charge in [-0.3, -0.25) is 4.79 Å². The molecule has 1 aromatic rings. The van der Waals surface area contributed by atoms with Crippen molar-refractivity contribution in [2.75, 3.05) is 25.1 Å². The standard InChI is InChI=1S/C17H26N2O2/c1-4-21-17(20)16(18-14-7-8-14)11-12-19(3)15-9-5-13(2)6-10-15/h5-6,9-10,14,16,18H,4,7-8,11-12H2,1-3H3. The van der Waals surface area contributed by atoms with Gasteiger partial charge < -0.3 is 15.0 Å². The van der Waals surface area contributed by atoms with E-state index in [1.165, 1.54) is 24.1 Å². The van der Waals surface area contributed by atoms with E-state index >= 15 is 0 Å². The maximum Gasteiger partial charge on any atom is 0.323 e. The Morgan fingerprint density at radius 1 is 1.38 bits per heavy atom. The lowest BCUT2D eigenvalue weighted by Crippen LogP contribution is -2.41. The summed E-state index contributed by atoms with van der Waals surface area (Å²) < 4.78 is 5.17. The van der Waals surface area contributed by atoms with Gasteiger partial charge in [0, 0.05) is 25.3 Å². The van der Waals surface area contributed by atoms with Gasteiger partial charge in [-0.25, -0.2) is 0 Å². The highest BCUT2D eigenvalue weighted by atomic mass is 16.5. The van der Waals surface area contributed by atoms with E-state index in [-0.39, 0.29) is 12.0 Å². The third-order valence-electron chi connectivity index (χ3n) is 3.81. The van der Waals surface area contributed by atoms with E-state index in [1.807, 2.05) is 6.92 Å². The molecule has 21 heavy (non-hydrogen) atoms. The molecule has 116 valence electrons. The molecule has 0 aromatic heterocycles. The Morgan fingerprint density at radius 3 is 2.62 bits per heavy atom. The number of carbonyl (C=O) groups is 1. The summed E-state index contributed by atoms with van der Waals surface area (Å²) in [6.45, 7) is 5.20. The van der Waals surface area contributed by atoms with E-state index in [4.69, 9.17) is 4.74 Å². The lowest BCUT2D eigenvalue weighted by atomic mass is 10.1. The van der Waals surface area contributed by atoms with Gasteiger partial charge in [-0.05, 0) is 45.2 Å². The molecule has 0 spiro atoms. The van der Waals surface area contributed by atoms with E-state index in [0.29, 0.717) is 12.6 Å². The summed E-state index contributed by atoms with van der Waals surface area (Å²) in [7, 11) is 2.06. The number of hydrogen-bond acceptors (Lipinski definition) is 4. The second-order valence-electron chi connectivity index (χ2n) is 5.79. The first-order chi connectivity index (χ1) is 10.1. The Balaban J connectivity index is 1.87. The van der Waals surface area contributed by atoms with Crippen molar-refractivity contribution in [2.45, 2.75) is 45.2 Å². The highest BCUT2D eigenvalue weighted by molar-refractivity contribution is 5.76. The van der Waals surface area contributed by atoms with Crippen LogP contribution in [-0.4, -0.2) is 38.3 Å². The number of benzene rings is 1. The first-order valence-corrected chi connectivity index (χ1v) is 7.80. The van der Waals surface area contributed by atoms with E-state index in [9.17, 15) is 4.79 Å². The number of esters is 1. The predicted molar refractivity (Wildman–Crippen MR) is 85.6 cm³/mol. The van der Waals surface area contributed by atoms with Crippen LogP contribution in [0.2, 0.25) is 0 Å². The number of aryl methyl sites for hydroxylation is 1. The Labute approximate surface area is 127 Å². The van der Waals surface area contributed by atoms with Crippen molar-refractivity contribution >= 4 is 11.7 Å². The molecular weight excluding hydrogens is 264 g/mol. The van der Waals surface area contributed by atoms with Crippen molar-refractivity contribution < 1.29 is 9.53 Å². The van der Waals surface area contributed by atoms with Gasteiger partial charge >= 0.3 is 5.97 Å². The van der Waals surface area contributed by atoms with E-state index in [2.05, 4.69) is 48.5 Å². The van der Waals surface area contributed by atoms with Crippen LogP contribution in [0.3, 0.4) is 0 Å². The van der Waals surface area contributed by atoms with Crippen molar-refractivity contribution in [3.05, 3.63) is 29.8 Å². The molecule has 1 aliphatic rings. The lowest BCUT2D eigenvalue weighted by Gasteiger charge is -2.23. The molecule has 0 saturated heterocycles. The average Bonchev–Trinajstić information content (AvgIpc) is 3.28. The van der Waals surface area contributed by atoms with Crippen LogP contribution in [0.5, 0.6) is 0 Å². The molecular formula is C17H26N2O2. The smallest absolute Gasteiger partial charge is 0.323 e. The van der Waals surface area contributed by atoms with Gasteiger partial charge in [0.25, 0.3) is 0 Å². The minimum absolute atomic E-state index is 0.123. The van der Waals surface area contributed by atoms with Crippen LogP contribution < -0.4 is 10.2 Å². The second-order valence-corrected chi connectivity index (χ2v) is 5.79. The predicted octanol–water partition coefficient (Wildman–Crippen LogP) is 2.51. The van der Waals surface area contributed by atoms with Crippen LogP contribution in [0.25, 0.3) is 0 Å². The van der Waals surface area contributed by atoms with Crippen LogP contribution in [0.15, 0.2) is 24.3 Å². The SMILES string of the molecule is CCOC(=O)C(CCN(C)c1ccc(C)cc1)NC1CC1. The average molecular weight is 290 g/mol. The monoisotopic (exact) mass is 290 g/mol. The van der Waals surface area contributed by atoms with Crippen molar-refractivity contribution in [3.63, 3.8) is 0 Å². The van der Waals surface area contributed by atoms with Gasteiger partial charge in [-0.1, -0.05) is 17.7 Å². The number of hydrogen-bond donors (Lipinski definition) is 1. The zero-order valence-corrected chi connectivity index (χ0v) is 13.3. The molecule has 0 bridgehead atoms. The van der Waals surface area contributed by atoms with Crippen LogP contribution >= 0.6 is 0 Å². The molecule has 0 aliphatic heterocycles. The van der Waals surface area contributed by atoms with Gasteiger partial charge in [0.05, 0.1) is 6.61 Å². The fourth-order valence-electron chi connectivity index (χ4n) is 2.30. The molecule has 0 heterocycles. The quantitative estimate of drug-likeness (QED) is 0.747. The van der Waals surface area contributed by atoms with Gasteiger partial charge in [0.15, 0.2) is 0 Å². The zero-order valence-electron chi connectivity index (χ0n) is 13.3. The Kier molecular flexibility index (Phi) is 5.62. The Morgan fingerprint density at radius 2 is 2.05 bits per heavy atom. The van der Waals surface area contributed by atoms with Crippen molar-refractivity contribution in [1.82, 2.24) is 5.32 Å². The Bertz CT molecular complexity index is 454. The Hall–Kier alpha value is -1.55. The molecule has 1 unspecified atom stereocenters. The van der Waals surface area contributed by atoms with Gasteiger partial charge in [-0.15, -0.1) is 0 Å². The highest BCUT2D eigenvalue weighted by Crippen LogP contribution is 2.21. The highest BCUT2D eigenvalue weighted by Gasteiger charge is 2.29. The van der Waals surface area contributed by atoms with E-state index in [0.717, 1.165) is 13.0 Å². The molecule has 4 nitrogen and oxygen atoms in total. The number of nitrogens with zero attached hydrogens (tertiary/aromatic N) is 1. The zero-order chi connectivity index (χ0) is 15.2. The van der Waals surface area contributed by atoms with Gasteiger partial charge in [0.1, 0.15) is 6.04 Å². The number of carbonyl (C=O) groups excluding carboxylic acids is 1. The minimum atomic E-state index is -0.189. The molecule has 4 heteroatoms. The minimum Gasteiger partial charge on any atom is -0.465 e. The maximum atomic E-state index is 12.0. The number of rotatable bonds is 8. The number of ether oxygens (including phenoxy) is 1. The van der Waals surface area contributed by atoms with Gasteiger partial charge in [-0.2, -0.15) is 0 Å². The molecule has 1 aliphatic carbocycles. The molecule has 0 amide bonds. The summed E-state index contributed by atoms with van der Waals surface area (Å²) in [5, 5.41) is 3.39. The first-order valence-electron chi connectivity index (χ1n) is 7.80. The largest absolute Gasteiger partial charge is 0.465 e. The summed E-state index contributed by atoms with van der Waals surface area (Å²) in [6.07, 6.45) is 3.10. The summed E-state index contributed by atoms with van der Waals surface area (Å²) in [5.41, 5.74) is 2.43. The van der Waals surface area contributed by atoms with Crippen LogP contribution in [-0.2, 0) is 9.53 Å². The van der Waals surface area contributed by atoms with Crippen LogP contribution in [0.4, 0.5) is 5.69 Å². The third kappa shape index (κ3) is 5.05. The van der Waals surface area contributed by atoms with E-state index < -0.39 is 0 Å². The van der Waals surface area contributed by atoms with Gasteiger partial charge in [0.2, 0.25) is 0 Å². The summed E-state index contributed by atoms with van der Waals surface area (Å²) in [4.78, 5) is 14.2. The molecule has 2 rings (SSSR count). The molecule has 1 aromatic carbocycles. The molecule has 1 atom stereocenters. The fraction of sp³-hybridized carbons (Fsp3) is 0.588. The summed E-state index contributed by atoms with van der Waals surface area (Å²) >= 11 is 0. The topological polar surface area (TPSA) is 41.6 Å². The summed E-state index contributed by atoms with van der Waals surface area (Å²) in [6, 6.07) is 8.76. The second kappa shape index (κ2) is 7.46. The van der Waals surface area contributed by atoms with Crippen LogP contribution in [0, 0.1) is 6.92 Å². The first kappa shape index (κ1) is 15.8. The number of nitrogens with one attached hydrogen (secondary N) is 1. The molecule has 1 fully saturated rings. The lowest BCUT2D eigenvalue weighted by molar-refractivity contribution is -0.145. The molecule has 1 N–H and O–H groups in total. The van der Waals surface area contributed by atoms with Crippen molar-refractivity contribution in [3.8, 4) is 0 Å². The maximum absolute atomic E-state index is 12.0. The molecule has 1 saturated carbocycles. The summed E-state index contributed by atoms with van der Waals surface area (Å²) in [5.74, 6) is -0.123. The van der Waals surface area contributed by atoms with Crippen molar-refractivity contribution in [2.24, 2.45) is 0 Å². The van der Waals surface area contributed by atoms with Crippen molar-refractivity contribution in [1.29, 1.82) is 0 Å². The third-order valence-corrected chi connectivity index (χ3v) is 3.81. The van der Waals surface area contributed by atoms with Crippen LogP contribution in [0.1, 0.15) is 31.7 Å². The van der Waals surface area contributed by atoms with E-state index in [1.54, 1.807) is 0 Å². The number of anilines is 1. The fourth-order valence-corrected chi connectivity index (χ4v) is 2.30.